The second-order valence-corrected chi connectivity index (χ2v) is 6.02. The van der Waals surface area contributed by atoms with E-state index < -0.39 is 0 Å². The Kier molecular flexibility index (Phi) is 4.46. The van der Waals surface area contributed by atoms with Crippen molar-refractivity contribution in [1.29, 1.82) is 0 Å². The van der Waals surface area contributed by atoms with Crippen LogP contribution in [0.2, 0.25) is 0 Å². The van der Waals surface area contributed by atoms with Gasteiger partial charge < -0.3 is 5.32 Å². The molecular formula is C14H20FNS. The van der Waals surface area contributed by atoms with E-state index in [1.54, 1.807) is 13.0 Å². The van der Waals surface area contributed by atoms with Crippen LogP contribution in [-0.4, -0.2) is 18.1 Å². The van der Waals surface area contributed by atoms with Crippen LogP contribution < -0.4 is 5.32 Å². The van der Waals surface area contributed by atoms with Crippen molar-refractivity contribution in [3.05, 3.63) is 35.1 Å². The molecule has 1 fully saturated rings. The minimum atomic E-state index is -0.104. The van der Waals surface area contributed by atoms with E-state index in [1.807, 2.05) is 23.9 Å². The molecule has 0 spiro atoms. The quantitative estimate of drug-likeness (QED) is 0.881. The zero-order valence-electron chi connectivity index (χ0n) is 10.5. The van der Waals surface area contributed by atoms with Gasteiger partial charge in [-0.3, -0.25) is 0 Å². The summed E-state index contributed by atoms with van der Waals surface area (Å²) in [5, 5.41) is 3.51. The van der Waals surface area contributed by atoms with E-state index in [-0.39, 0.29) is 11.9 Å². The van der Waals surface area contributed by atoms with Gasteiger partial charge in [0.25, 0.3) is 0 Å². The average molecular weight is 253 g/mol. The first-order chi connectivity index (χ1) is 8.16. The van der Waals surface area contributed by atoms with E-state index in [0.29, 0.717) is 5.56 Å². The highest BCUT2D eigenvalue weighted by molar-refractivity contribution is 7.99. The standard InChI is InChI=1S/C14H20FNS/c1-10-3-4-13(7-14(10)15)11(2)16-8-12-5-6-17-9-12/h3-4,7,11-12,16H,5-6,8-9H2,1-2H3. The Morgan fingerprint density at radius 2 is 2.35 bits per heavy atom. The molecule has 1 heterocycles. The van der Waals surface area contributed by atoms with Gasteiger partial charge in [-0.1, -0.05) is 12.1 Å². The molecule has 3 heteroatoms. The van der Waals surface area contributed by atoms with Gasteiger partial charge >= 0.3 is 0 Å². The molecule has 1 N–H and O–H groups in total. The van der Waals surface area contributed by atoms with Gasteiger partial charge in [0.1, 0.15) is 5.82 Å². The molecule has 1 aromatic rings. The third kappa shape index (κ3) is 3.46. The molecule has 0 amide bonds. The largest absolute Gasteiger partial charge is 0.310 e. The first-order valence-corrected chi connectivity index (χ1v) is 7.39. The second kappa shape index (κ2) is 5.87. The van der Waals surface area contributed by atoms with Gasteiger partial charge in [0.2, 0.25) is 0 Å². The molecule has 0 aliphatic carbocycles. The lowest BCUT2D eigenvalue weighted by molar-refractivity contribution is 0.476. The topological polar surface area (TPSA) is 12.0 Å². The normalized spacial score (nSPS) is 21.7. The number of aryl methyl sites for hydroxylation is 1. The minimum Gasteiger partial charge on any atom is -0.310 e. The summed E-state index contributed by atoms with van der Waals surface area (Å²) in [6, 6.07) is 5.75. The number of nitrogens with one attached hydrogen (secondary N) is 1. The molecule has 2 rings (SSSR count). The lowest BCUT2D eigenvalue weighted by Gasteiger charge is -2.17. The summed E-state index contributed by atoms with van der Waals surface area (Å²) >= 11 is 2.03. The summed E-state index contributed by atoms with van der Waals surface area (Å²) in [6.45, 7) is 4.95. The highest BCUT2D eigenvalue weighted by Crippen LogP contribution is 2.23. The first kappa shape index (κ1) is 12.9. The van der Waals surface area contributed by atoms with Gasteiger partial charge in [-0.05, 0) is 61.4 Å². The van der Waals surface area contributed by atoms with Crippen LogP contribution in [0.1, 0.15) is 30.5 Å². The van der Waals surface area contributed by atoms with Gasteiger partial charge in [-0.15, -0.1) is 0 Å². The highest BCUT2D eigenvalue weighted by Gasteiger charge is 2.16. The van der Waals surface area contributed by atoms with E-state index in [4.69, 9.17) is 0 Å². The average Bonchev–Trinajstić information content (AvgIpc) is 2.82. The fourth-order valence-corrected chi connectivity index (χ4v) is 3.37. The van der Waals surface area contributed by atoms with Crippen molar-refractivity contribution < 1.29 is 4.39 Å². The Labute approximate surface area is 107 Å². The Bertz CT molecular complexity index is 374. The maximum atomic E-state index is 13.4. The molecule has 1 aliphatic rings. The third-order valence-electron chi connectivity index (χ3n) is 3.43. The lowest BCUT2D eigenvalue weighted by Crippen LogP contribution is -2.25. The van der Waals surface area contributed by atoms with Gasteiger partial charge in [-0.2, -0.15) is 11.8 Å². The fraction of sp³-hybridized carbons (Fsp3) is 0.571. The van der Waals surface area contributed by atoms with Gasteiger partial charge in [0.05, 0.1) is 0 Å². The summed E-state index contributed by atoms with van der Waals surface area (Å²) in [7, 11) is 0. The summed E-state index contributed by atoms with van der Waals surface area (Å²) in [6.07, 6.45) is 1.31. The molecule has 1 nitrogen and oxygen atoms in total. The Hall–Kier alpha value is -0.540. The number of halogens is 1. The van der Waals surface area contributed by atoms with Crippen LogP contribution in [0.15, 0.2) is 18.2 Å². The Morgan fingerprint density at radius 3 is 3.00 bits per heavy atom. The fourth-order valence-electron chi connectivity index (χ4n) is 2.08. The zero-order valence-corrected chi connectivity index (χ0v) is 11.3. The summed E-state index contributed by atoms with van der Waals surface area (Å²) in [5.74, 6) is 3.24. The summed E-state index contributed by atoms with van der Waals surface area (Å²) in [5.41, 5.74) is 1.76. The predicted molar refractivity (Wildman–Crippen MR) is 73.0 cm³/mol. The predicted octanol–water partition coefficient (Wildman–Crippen LogP) is 3.54. The van der Waals surface area contributed by atoms with Crippen LogP contribution in [0.5, 0.6) is 0 Å². The molecule has 1 saturated heterocycles. The van der Waals surface area contributed by atoms with E-state index in [9.17, 15) is 4.39 Å². The van der Waals surface area contributed by atoms with Crippen LogP contribution in [0, 0.1) is 18.7 Å². The first-order valence-electron chi connectivity index (χ1n) is 6.24. The number of rotatable bonds is 4. The SMILES string of the molecule is Cc1ccc(C(C)NCC2CCSC2)cc1F. The maximum Gasteiger partial charge on any atom is 0.126 e. The molecule has 0 radical (unpaired) electrons. The molecular weight excluding hydrogens is 233 g/mol. The van der Waals surface area contributed by atoms with E-state index in [2.05, 4.69) is 12.2 Å². The van der Waals surface area contributed by atoms with Crippen LogP contribution in [0.4, 0.5) is 4.39 Å². The summed E-state index contributed by atoms with van der Waals surface area (Å²) < 4.78 is 13.4. The molecule has 2 atom stereocenters. The van der Waals surface area contributed by atoms with Gasteiger partial charge in [0.15, 0.2) is 0 Å². The van der Waals surface area contributed by atoms with Gasteiger partial charge in [-0.25, -0.2) is 4.39 Å². The van der Waals surface area contributed by atoms with E-state index >= 15 is 0 Å². The van der Waals surface area contributed by atoms with Crippen molar-refractivity contribution in [1.82, 2.24) is 5.32 Å². The maximum absolute atomic E-state index is 13.4. The smallest absolute Gasteiger partial charge is 0.126 e. The zero-order chi connectivity index (χ0) is 12.3. The summed E-state index contributed by atoms with van der Waals surface area (Å²) in [4.78, 5) is 0. The number of hydrogen-bond donors (Lipinski definition) is 1. The Morgan fingerprint density at radius 1 is 1.53 bits per heavy atom. The molecule has 17 heavy (non-hydrogen) atoms. The number of thioether (sulfide) groups is 1. The van der Waals surface area contributed by atoms with Crippen molar-refractivity contribution in [3.8, 4) is 0 Å². The van der Waals surface area contributed by atoms with Crippen molar-refractivity contribution in [2.45, 2.75) is 26.3 Å². The molecule has 1 aromatic carbocycles. The molecule has 94 valence electrons. The second-order valence-electron chi connectivity index (χ2n) is 4.87. The van der Waals surface area contributed by atoms with Crippen molar-refractivity contribution in [2.24, 2.45) is 5.92 Å². The third-order valence-corrected chi connectivity index (χ3v) is 4.66. The number of benzene rings is 1. The monoisotopic (exact) mass is 253 g/mol. The molecule has 2 unspecified atom stereocenters. The van der Waals surface area contributed by atoms with Crippen LogP contribution in [-0.2, 0) is 0 Å². The van der Waals surface area contributed by atoms with Crippen LogP contribution >= 0.6 is 11.8 Å². The Balaban J connectivity index is 1.89. The van der Waals surface area contributed by atoms with Crippen molar-refractivity contribution >= 4 is 11.8 Å². The minimum absolute atomic E-state index is 0.104. The molecule has 0 aromatic heterocycles. The van der Waals surface area contributed by atoms with E-state index in [0.717, 1.165) is 18.0 Å². The van der Waals surface area contributed by atoms with Gasteiger partial charge in [0, 0.05) is 6.04 Å². The van der Waals surface area contributed by atoms with E-state index in [1.165, 1.54) is 17.9 Å². The van der Waals surface area contributed by atoms with Crippen molar-refractivity contribution in [2.75, 3.05) is 18.1 Å². The van der Waals surface area contributed by atoms with Crippen LogP contribution in [0.3, 0.4) is 0 Å². The molecule has 0 bridgehead atoms. The van der Waals surface area contributed by atoms with Crippen LogP contribution in [0.25, 0.3) is 0 Å². The van der Waals surface area contributed by atoms with Crippen molar-refractivity contribution in [3.63, 3.8) is 0 Å². The molecule has 1 aliphatic heterocycles. The molecule has 0 saturated carbocycles. The number of hydrogen-bond acceptors (Lipinski definition) is 2. The highest BCUT2D eigenvalue weighted by atomic mass is 32.2. The lowest BCUT2D eigenvalue weighted by atomic mass is 10.0.